The lowest BCUT2D eigenvalue weighted by molar-refractivity contribution is -0.144. The molecule has 25 heavy (non-hydrogen) atoms. The smallest absolute Gasteiger partial charge is 0.344 e. The summed E-state index contributed by atoms with van der Waals surface area (Å²) >= 11 is 12.2. The summed E-state index contributed by atoms with van der Waals surface area (Å²) < 4.78 is 28.6. The zero-order chi connectivity index (χ0) is 18.8. The Morgan fingerprint density at radius 1 is 1.16 bits per heavy atom. The molecule has 0 aliphatic heterocycles. The first-order valence-corrected chi connectivity index (χ1v) is 9.89. The van der Waals surface area contributed by atoms with Crippen molar-refractivity contribution < 1.29 is 23.1 Å². The lowest BCUT2D eigenvalue weighted by Gasteiger charge is -2.15. The minimum absolute atomic E-state index is 0.128. The van der Waals surface area contributed by atoms with Crippen LogP contribution in [0.4, 0.5) is 0 Å². The quantitative estimate of drug-likeness (QED) is 0.793. The van der Waals surface area contributed by atoms with Crippen LogP contribution < -0.4 is 4.74 Å². The van der Waals surface area contributed by atoms with E-state index in [1.54, 1.807) is 24.3 Å². The molecule has 0 aliphatic rings. The average molecular weight is 403 g/mol. The van der Waals surface area contributed by atoms with E-state index in [1.165, 1.54) is 19.1 Å². The molecule has 2 rings (SSSR count). The molecule has 0 bridgehead atoms. The number of aliphatic carboxylic acids is 1. The molecule has 0 spiro atoms. The van der Waals surface area contributed by atoms with Gasteiger partial charge in [0.25, 0.3) is 0 Å². The highest BCUT2D eigenvalue weighted by atomic mass is 35.5. The van der Waals surface area contributed by atoms with Gasteiger partial charge in [-0.15, -0.1) is 0 Å². The van der Waals surface area contributed by atoms with Crippen molar-refractivity contribution in [1.29, 1.82) is 0 Å². The molecule has 134 valence electrons. The van der Waals surface area contributed by atoms with Crippen molar-refractivity contribution in [3.8, 4) is 5.75 Å². The van der Waals surface area contributed by atoms with Crippen molar-refractivity contribution in [3.63, 3.8) is 0 Å². The molecule has 2 aromatic carbocycles. The van der Waals surface area contributed by atoms with Crippen LogP contribution in [0.15, 0.2) is 41.3 Å². The normalized spacial score (nSPS) is 12.6. The molecule has 1 atom stereocenters. The molecular weight excluding hydrogens is 387 g/mol. The van der Waals surface area contributed by atoms with Gasteiger partial charge in [-0.25, -0.2) is 13.2 Å². The highest BCUT2D eigenvalue weighted by molar-refractivity contribution is 7.90. The van der Waals surface area contributed by atoms with Crippen LogP contribution in [0.2, 0.25) is 10.0 Å². The summed E-state index contributed by atoms with van der Waals surface area (Å²) in [5.74, 6) is -0.709. The molecule has 0 amide bonds. The molecule has 0 fully saturated rings. The van der Waals surface area contributed by atoms with E-state index in [1.807, 2.05) is 0 Å². The van der Waals surface area contributed by atoms with Crippen molar-refractivity contribution in [2.45, 2.75) is 24.3 Å². The van der Waals surface area contributed by atoms with Crippen molar-refractivity contribution in [2.24, 2.45) is 0 Å². The van der Waals surface area contributed by atoms with Crippen LogP contribution in [0.5, 0.6) is 5.75 Å². The number of sulfone groups is 1. The number of ether oxygens (including phenoxy) is 1. The van der Waals surface area contributed by atoms with E-state index in [0.29, 0.717) is 33.3 Å². The maximum absolute atomic E-state index is 11.6. The number of benzene rings is 2. The second-order valence-electron chi connectivity index (χ2n) is 5.55. The molecule has 0 aromatic heterocycles. The fourth-order valence-corrected chi connectivity index (χ4v) is 3.30. The lowest BCUT2D eigenvalue weighted by Crippen LogP contribution is -2.23. The molecule has 0 saturated carbocycles. The molecule has 0 saturated heterocycles. The minimum Gasteiger partial charge on any atom is -0.479 e. The molecule has 8 heteroatoms. The fourth-order valence-electron chi connectivity index (χ4n) is 2.15. The minimum atomic E-state index is -3.35. The summed E-state index contributed by atoms with van der Waals surface area (Å²) in [7, 11) is -3.35. The molecule has 1 N–H and O–H groups in total. The predicted octanol–water partition coefficient (Wildman–Crippen LogP) is 3.84. The van der Waals surface area contributed by atoms with Gasteiger partial charge in [0, 0.05) is 28.3 Å². The molecular formula is C17H16Cl2O5S. The maximum Gasteiger partial charge on any atom is 0.344 e. The number of hydrogen-bond acceptors (Lipinski definition) is 4. The largest absolute Gasteiger partial charge is 0.479 e. The summed E-state index contributed by atoms with van der Waals surface area (Å²) in [4.78, 5) is 11.1. The molecule has 0 unspecified atom stereocenters. The molecule has 5 nitrogen and oxygen atoms in total. The van der Waals surface area contributed by atoms with E-state index in [0.717, 1.165) is 6.26 Å². The van der Waals surface area contributed by atoms with Gasteiger partial charge in [0.05, 0.1) is 4.90 Å². The second-order valence-corrected chi connectivity index (χ2v) is 8.41. The number of carbonyl (C=O) groups is 1. The van der Waals surface area contributed by atoms with Gasteiger partial charge in [-0.1, -0.05) is 29.3 Å². The third kappa shape index (κ3) is 5.11. The van der Waals surface area contributed by atoms with E-state index >= 15 is 0 Å². The maximum atomic E-state index is 11.6. The van der Waals surface area contributed by atoms with Crippen molar-refractivity contribution in [2.75, 3.05) is 6.26 Å². The third-order valence-corrected chi connectivity index (χ3v) is 5.20. The highest BCUT2D eigenvalue weighted by Crippen LogP contribution is 2.29. The number of halogens is 2. The van der Waals surface area contributed by atoms with Crippen LogP contribution in [-0.2, 0) is 21.1 Å². The van der Waals surface area contributed by atoms with E-state index in [-0.39, 0.29) is 4.90 Å². The van der Waals surface area contributed by atoms with E-state index in [9.17, 15) is 13.2 Å². The van der Waals surface area contributed by atoms with Crippen LogP contribution in [0.3, 0.4) is 0 Å². The Bertz CT molecular complexity index is 909. The predicted molar refractivity (Wildman–Crippen MR) is 96.5 cm³/mol. The Kier molecular flexibility index (Phi) is 5.98. The van der Waals surface area contributed by atoms with Crippen LogP contribution in [0.25, 0.3) is 0 Å². The summed E-state index contributed by atoms with van der Waals surface area (Å²) in [5.41, 5.74) is 1.32. The van der Waals surface area contributed by atoms with Gasteiger partial charge < -0.3 is 9.84 Å². The number of carboxylic acids is 1. The van der Waals surface area contributed by atoms with Gasteiger partial charge >= 0.3 is 5.97 Å². The SMILES string of the molecule is C[C@H](Oc1ccc(Cl)cc1Cc1ccc(S(C)(=O)=O)cc1Cl)C(=O)O. The standard InChI is InChI=1S/C17H16Cl2O5S/c1-10(17(20)21)24-16-6-4-13(18)8-12(16)7-11-3-5-14(9-15(11)19)25(2,22)23/h3-6,8-10H,7H2,1-2H3,(H,20,21)/t10-/m0/s1. The Balaban J connectivity index is 2.37. The number of hydrogen-bond donors (Lipinski definition) is 1. The molecule has 0 radical (unpaired) electrons. The van der Waals surface area contributed by atoms with Gasteiger partial charge in [-0.2, -0.15) is 0 Å². The Labute approximate surface area is 156 Å². The first-order valence-electron chi connectivity index (χ1n) is 7.24. The second kappa shape index (κ2) is 7.64. The summed E-state index contributed by atoms with van der Waals surface area (Å²) in [6.45, 7) is 1.43. The van der Waals surface area contributed by atoms with Gasteiger partial charge in [-0.05, 0) is 42.8 Å². The van der Waals surface area contributed by atoms with Crippen LogP contribution in [0, 0.1) is 0 Å². The van der Waals surface area contributed by atoms with Gasteiger partial charge in [0.2, 0.25) is 0 Å². The zero-order valence-electron chi connectivity index (χ0n) is 13.5. The Morgan fingerprint density at radius 2 is 1.84 bits per heavy atom. The van der Waals surface area contributed by atoms with E-state index in [4.69, 9.17) is 33.0 Å². The topological polar surface area (TPSA) is 80.7 Å². The van der Waals surface area contributed by atoms with Crippen molar-refractivity contribution >= 4 is 39.0 Å². The Morgan fingerprint density at radius 3 is 2.40 bits per heavy atom. The van der Waals surface area contributed by atoms with E-state index in [2.05, 4.69) is 0 Å². The molecule has 0 aliphatic carbocycles. The van der Waals surface area contributed by atoms with Crippen LogP contribution in [0.1, 0.15) is 18.1 Å². The van der Waals surface area contributed by atoms with Gasteiger partial charge in [0.1, 0.15) is 5.75 Å². The Hall–Kier alpha value is -1.76. The first-order chi connectivity index (χ1) is 11.6. The summed E-state index contributed by atoms with van der Waals surface area (Å²) in [6, 6.07) is 9.33. The number of rotatable bonds is 6. The fraction of sp³-hybridized carbons (Fsp3) is 0.235. The van der Waals surface area contributed by atoms with Crippen LogP contribution in [-0.4, -0.2) is 31.9 Å². The first kappa shape index (κ1) is 19.6. The lowest BCUT2D eigenvalue weighted by atomic mass is 10.0. The summed E-state index contributed by atoms with van der Waals surface area (Å²) in [6.07, 6.45) is 0.391. The van der Waals surface area contributed by atoms with Crippen LogP contribution >= 0.6 is 23.2 Å². The molecule has 2 aromatic rings. The van der Waals surface area contributed by atoms with Crippen molar-refractivity contribution in [1.82, 2.24) is 0 Å². The molecule has 0 heterocycles. The monoisotopic (exact) mass is 402 g/mol. The highest BCUT2D eigenvalue weighted by Gasteiger charge is 2.17. The third-order valence-electron chi connectivity index (χ3n) is 3.51. The van der Waals surface area contributed by atoms with Gasteiger partial charge in [0.15, 0.2) is 15.9 Å². The van der Waals surface area contributed by atoms with E-state index < -0.39 is 21.9 Å². The van der Waals surface area contributed by atoms with Crippen molar-refractivity contribution in [3.05, 3.63) is 57.6 Å². The average Bonchev–Trinajstić information content (AvgIpc) is 2.50. The number of carboxylic acid groups (broad SMARTS) is 1. The van der Waals surface area contributed by atoms with Gasteiger partial charge in [-0.3, -0.25) is 0 Å². The zero-order valence-corrected chi connectivity index (χ0v) is 15.8. The summed E-state index contributed by atoms with van der Waals surface area (Å²) in [5, 5.41) is 9.76.